The van der Waals surface area contributed by atoms with Crippen molar-refractivity contribution in [2.45, 2.75) is 19.4 Å². The SMILES string of the molecule is CCOC(=O)CN(C(=O)CN1CCN(C(c2ccccc2)c2ccc(Cl)cc2)CC1)c1ccc(C#CCCN(O)C(N)=O)cc1. The summed E-state index contributed by atoms with van der Waals surface area (Å²) >= 11 is 6.17. The van der Waals surface area contributed by atoms with Crippen molar-refractivity contribution < 1.29 is 24.3 Å². The van der Waals surface area contributed by atoms with Gasteiger partial charge in [0, 0.05) is 48.9 Å². The number of hydrogen-bond donors (Lipinski definition) is 2. The van der Waals surface area contributed by atoms with Gasteiger partial charge in [0.25, 0.3) is 0 Å². The molecule has 0 saturated carbocycles. The standard InChI is InChI=1S/C34H38ClN5O5/c1-2-45-32(42)25-39(30-17-11-26(12-18-30)8-6-7-19-40(44)34(36)43)31(41)24-37-20-22-38(23-21-37)33(27-9-4-3-5-10-27)28-13-15-29(35)16-14-28/h3-5,9-18,33,44H,2,7,19-25H2,1H3,(H2,36,43). The molecule has 0 radical (unpaired) electrons. The number of rotatable bonds is 11. The van der Waals surface area contributed by atoms with E-state index in [2.05, 4.69) is 45.9 Å². The first kappa shape index (κ1) is 33.5. The summed E-state index contributed by atoms with van der Waals surface area (Å²) < 4.78 is 5.15. The van der Waals surface area contributed by atoms with Crippen LogP contribution in [0.15, 0.2) is 78.9 Å². The van der Waals surface area contributed by atoms with Crippen molar-refractivity contribution in [3.63, 3.8) is 0 Å². The van der Waals surface area contributed by atoms with Gasteiger partial charge in [-0.05, 0) is 54.4 Å². The summed E-state index contributed by atoms with van der Waals surface area (Å²) in [4.78, 5) is 42.9. The molecule has 1 aliphatic heterocycles. The van der Waals surface area contributed by atoms with Gasteiger partial charge in [-0.15, -0.1) is 0 Å². The summed E-state index contributed by atoms with van der Waals surface area (Å²) in [6, 6.07) is 24.4. The number of hydroxylamine groups is 2. The lowest BCUT2D eigenvalue weighted by Gasteiger charge is -2.40. The molecule has 1 saturated heterocycles. The van der Waals surface area contributed by atoms with E-state index in [1.807, 2.05) is 30.3 Å². The minimum Gasteiger partial charge on any atom is -0.465 e. The number of halogens is 1. The van der Waals surface area contributed by atoms with Crippen molar-refractivity contribution in [2.75, 3.05) is 57.3 Å². The zero-order valence-electron chi connectivity index (χ0n) is 25.3. The zero-order chi connectivity index (χ0) is 32.2. The maximum absolute atomic E-state index is 13.6. The summed E-state index contributed by atoms with van der Waals surface area (Å²) in [5, 5.41) is 10.4. The first-order chi connectivity index (χ1) is 21.7. The van der Waals surface area contributed by atoms with Gasteiger partial charge < -0.3 is 15.4 Å². The van der Waals surface area contributed by atoms with Gasteiger partial charge >= 0.3 is 12.0 Å². The number of hydrogen-bond acceptors (Lipinski definition) is 7. The predicted octanol–water partition coefficient (Wildman–Crippen LogP) is 4.15. The van der Waals surface area contributed by atoms with Gasteiger partial charge in [-0.3, -0.25) is 24.6 Å². The summed E-state index contributed by atoms with van der Waals surface area (Å²) in [7, 11) is 0. The molecule has 10 nitrogen and oxygen atoms in total. The van der Waals surface area contributed by atoms with Crippen LogP contribution in [0.3, 0.4) is 0 Å². The molecule has 11 heteroatoms. The fraction of sp³-hybridized carbons (Fsp3) is 0.324. The molecule has 0 spiro atoms. The Kier molecular flexibility index (Phi) is 12.4. The third-order valence-corrected chi connectivity index (χ3v) is 7.69. The fourth-order valence-corrected chi connectivity index (χ4v) is 5.30. The number of anilines is 1. The maximum atomic E-state index is 13.6. The molecular formula is C34H38ClN5O5. The molecule has 0 aliphatic carbocycles. The Morgan fingerprint density at radius 1 is 0.956 bits per heavy atom. The quantitative estimate of drug-likeness (QED) is 0.141. The number of piperazine rings is 1. The molecule has 1 atom stereocenters. The minimum absolute atomic E-state index is 0.00939. The van der Waals surface area contributed by atoms with Crippen LogP contribution in [0, 0.1) is 11.8 Å². The van der Waals surface area contributed by atoms with Crippen LogP contribution >= 0.6 is 11.6 Å². The van der Waals surface area contributed by atoms with Crippen LogP contribution in [-0.4, -0.2) is 90.4 Å². The third kappa shape index (κ3) is 9.80. The Labute approximate surface area is 268 Å². The highest BCUT2D eigenvalue weighted by atomic mass is 35.5. The van der Waals surface area contributed by atoms with Gasteiger partial charge in [-0.2, -0.15) is 0 Å². The molecule has 45 heavy (non-hydrogen) atoms. The molecule has 3 N–H and O–H groups in total. The predicted molar refractivity (Wildman–Crippen MR) is 173 cm³/mol. The van der Waals surface area contributed by atoms with Gasteiger partial charge in [0.1, 0.15) is 6.54 Å². The minimum atomic E-state index is -0.941. The molecule has 0 bridgehead atoms. The lowest BCUT2D eigenvalue weighted by Crippen LogP contribution is -2.51. The molecule has 4 rings (SSSR count). The summed E-state index contributed by atoms with van der Waals surface area (Å²) in [5.41, 5.74) is 8.57. The zero-order valence-corrected chi connectivity index (χ0v) is 26.0. The normalized spacial score (nSPS) is 14.1. The Morgan fingerprint density at radius 3 is 2.22 bits per heavy atom. The second-order valence-electron chi connectivity index (χ2n) is 10.5. The smallest absolute Gasteiger partial charge is 0.338 e. The number of nitrogens with zero attached hydrogens (tertiary/aromatic N) is 4. The number of nitrogens with two attached hydrogens (primary N) is 1. The monoisotopic (exact) mass is 631 g/mol. The third-order valence-electron chi connectivity index (χ3n) is 7.44. The number of primary amides is 1. The fourth-order valence-electron chi connectivity index (χ4n) is 5.17. The van der Waals surface area contributed by atoms with E-state index in [4.69, 9.17) is 22.1 Å². The molecule has 3 amide bonds. The van der Waals surface area contributed by atoms with Crippen LogP contribution in [0.25, 0.3) is 0 Å². The average Bonchev–Trinajstić information content (AvgIpc) is 3.04. The van der Waals surface area contributed by atoms with Crippen molar-refractivity contribution in [3.8, 4) is 11.8 Å². The lowest BCUT2D eigenvalue weighted by atomic mass is 9.96. The molecule has 1 fully saturated rings. The second-order valence-corrected chi connectivity index (χ2v) is 11.0. The van der Waals surface area contributed by atoms with Crippen LogP contribution in [0.4, 0.5) is 10.5 Å². The number of amides is 3. The first-order valence-corrected chi connectivity index (χ1v) is 15.2. The molecule has 1 unspecified atom stereocenters. The van der Waals surface area contributed by atoms with Gasteiger partial charge in [0.05, 0.1) is 25.7 Å². The number of urea groups is 1. The van der Waals surface area contributed by atoms with E-state index in [1.165, 1.54) is 10.5 Å². The molecule has 236 valence electrons. The highest BCUT2D eigenvalue weighted by Gasteiger charge is 2.29. The van der Waals surface area contributed by atoms with Crippen LogP contribution in [0.5, 0.6) is 0 Å². The molecule has 1 heterocycles. The van der Waals surface area contributed by atoms with Crippen molar-refractivity contribution in [3.05, 3.63) is 101 Å². The van der Waals surface area contributed by atoms with Crippen molar-refractivity contribution in [2.24, 2.45) is 5.73 Å². The Morgan fingerprint density at radius 2 is 1.60 bits per heavy atom. The Hall–Kier alpha value is -4.40. The van der Waals surface area contributed by atoms with Crippen molar-refractivity contribution in [1.29, 1.82) is 0 Å². The lowest BCUT2D eigenvalue weighted by molar-refractivity contribution is -0.142. The van der Waals surface area contributed by atoms with E-state index in [-0.39, 0.29) is 44.6 Å². The number of carbonyl (C=O) groups excluding carboxylic acids is 3. The van der Waals surface area contributed by atoms with E-state index >= 15 is 0 Å². The van der Waals surface area contributed by atoms with Gasteiger partial charge in [0.2, 0.25) is 5.91 Å². The second kappa shape index (κ2) is 16.6. The number of ether oxygens (including phenoxy) is 1. The van der Waals surface area contributed by atoms with Crippen LogP contribution in [0.2, 0.25) is 5.02 Å². The first-order valence-electron chi connectivity index (χ1n) is 14.8. The van der Waals surface area contributed by atoms with E-state index in [1.54, 1.807) is 31.2 Å². The maximum Gasteiger partial charge on any atom is 0.338 e. The molecule has 3 aromatic carbocycles. The van der Waals surface area contributed by atoms with Gasteiger partial charge in [-0.1, -0.05) is 65.9 Å². The topological polar surface area (TPSA) is 120 Å². The molecule has 1 aliphatic rings. The van der Waals surface area contributed by atoms with Gasteiger partial charge in [0.15, 0.2) is 0 Å². The number of carbonyl (C=O) groups is 3. The summed E-state index contributed by atoms with van der Waals surface area (Å²) in [6.07, 6.45) is 0.230. The van der Waals surface area contributed by atoms with Crippen LogP contribution < -0.4 is 10.6 Å². The Balaban J connectivity index is 1.41. The number of benzene rings is 3. The number of esters is 1. The van der Waals surface area contributed by atoms with E-state index in [9.17, 15) is 19.6 Å². The average molecular weight is 632 g/mol. The molecule has 3 aromatic rings. The van der Waals surface area contributed by atoms with E-state index in [0.29, 0.717) is 34.4 Å². The van der Waals surface area contributed by atoms with Crippen molar-refractivity contribution >= 4 is 35.2 Å². The van der Waals surface area contributed by atoms with Crippen molar-refractivity contribution in [1.82, 2.24) is 14.9 Å². The van der Waals surface area contributed by atoms with Gasteiger partial charge in [-0.25, -0.2) is 9.86 Å². The van der Waals surface area contributed by atoms with Crippen LogP contribution in [-0.2, 0) is 14.3 Å². The van der Waals surface area contributed by atoms with E-state index in [0.717, 1.165) is 18.7 Å². The highest BCUT2D eigenvalue weighted by Crippen LogP contribution is 2.30. The highest BCUT2D eigenvalue weighted by molar-refractivity contribution is 6.30. The molecule has 0 aromatic heterocycles. The van der Waals surface area contributed by atoms with E-state index < -0.39 is 12.0 Å². The summed E-state index contributed by atoms with van der Waals surface area (Å²) in [6.45, 7) is 4.77. The Bertz CT molecular complexity index is 1480. The van der Waals surface area contributed by atoms with Crippen LogP contribution in [0.1, 0.15) is 36.1 Å². The molecular weight excluding hydrogens is 594 g/mol. The largest absolute Gasteiger partial charge is 0.465 e. The summed E-state index contributed by atoms with van der Waals surface area (Å²) in [5.74, 6) is 5.12.